The SMILES string of the molecule is Cn1cc(CC(CN)Cc2cccc(Cl)c2)cn1. The summed E-state index contributed by atoms with van der Waals surface area (Å²) in [7, 11) is 1.93. The fraction of sp³-hybridized carbons (Fsp3) is 0.357. The van der Waals surface area contributed by atoms with Crippen molar-refractivity contribution in [1.29, 1.82) is 0 Å². The van der Waals surface area contributed by atoms with Gasteiger partial charge in [-0.2, -0.15) is 5.10 Å². The molecule has 0 amide bonds. The predicted molar refractivity (Wildman–Crippen MR) is 74.6 cm³/mol. The summed E-state index contributed by atoms with van der Waals surface area (Å²) in [5.74, 6) is 0.424. The van der Waals surface area contributed by atoms with Crippen LogP contribution in [0.25, 0.3) is 0 Å². The molecule has 96 valence electrons. The second-order valence-corrected chi connectivity index (χ2v) is 5.10. The Labute approximate surface area is 113 Å². The molecule has 2 aromatic rings. The predicted octanol–water partition coefficient (Wildman–Crippen LogP) is 2.43. The highest BCUT2D eigenvalue weighted by Crippen LogP contribution is 2.17. The van der Waals surface area contributed by atoms with Crippen molar-refractivity contribution < 1.29 is 0 Å². The number of aryl methyl sites for hydroxylation is 1. The molecule has 2 rings (SSSR count). The van der Waals surface area contributed by atoms with E-state index >= 15 is 0 Å². The van der Waals surface area contributed by atoms with Gasteiger partial charge in [-0.15, -0.1) is 0 Å². The van der Waals surface area contributed by atoms with Gasteiger partial charge in [0.1, 0.15) is 0 Å². The number of nitrogens with two attached hydrogens (primary N) is 1. The van der Waals surface area contributed by atoms with Crippen molar-refractivity contribution in [2.75, 3.05) is 6.54 Å². The van der Waals surface area contributed by atoms with Gasteiger partial charge in [0.2, 0.25) is 0 Å². The minimum atomic E-state index is 0.424. The van der Waals surface area contributed by atoms with E-state index in [2.05, 4.69) is 11.2 Å². The van der Waals surface area contributed by atoms with Gasteiger partial charge >= 0.3 is 0 Å². The Morgan fingerprint density at radius 2 is 2.11 bits per heavy atom. The van der Waals surface area contributed by atoms with Crippen molar-refractivity contribution in [2.24, 2.45) is 18.7 Å². The van der Waals surface area contributed by atoms with Crippen LogP contribution in [0, 0.1) is 5.92 Å². The molecule has 0 aliphatic carbocycles. The molecule has 0 bridgehead atoms. The molecule has 2 N–H and O–H groups in total. The molecule has 1 aromatic heterocycles. The number of nitrogens with zero attached hydrogens (tertiary/aromatic N) is 2. The normalized spacial score (nSPS) is 12.6. The number of hydrogen-bond acceptors (Lipinski definition) is 2. The van der Waals surface area contributed by atoms with Crippen LogP contribution in [0.4, 0.5) is 0 Å². The van der Waals surface area contributed by atoms with E-state index in [4.69, 9.17) is 17.3 Å². The van der Waals surface area contributed by atoms with Crippen LogP contribution in [0.3, 0.4) is 0 Å². The zero-order valence-corrected chi connectivity index (χ0v) is 11.3. The highest BCUT2D eigenvalue weighted by Gasteiger charge is 2.10. The van der Waals surface area contributed by atoms with E-state index in [1.165, 1.54) is 11.1 Å². The van der Waals surface area contributed by atoms with Crippen LogP contribution in [-0.2, 0) is 19.9 Å². The van der Waals surface area contributed by atoms with Crippen molar-refractivity contribution in [1.82, 2.24) is 9.78 Å². The molecule has 0 saturated carbocycles. The summed E-state index contributed by atoms with van der Waals surface area (Å²) in [5, 5.41) is 4.96. The van der Waals surface area contributed by atoms with Gasteiger partial charge in [0.05, 0.1) is 6.20 Å². The molecule has 0 fully saturated rings. The molecular weight excluding hydrogens is 246 g/mol. The van der Waals surface area contributed by atoms with Crippen LogP contribution < -0.4 is 5.73 Å². The second kappa shape index (κ2) is 6.03. The zero-order chi connectivity index (χ0) is 13.0. The molecule has 0 saturated heterocycles. The molecule has 0 aliphatic rings. The maximum Gasteiger partial charge on any atom is 0.0521 e. The van der Waals surface area contributed by atoms with Gasteiger partial charge in [-0.1, -0.05) is 23.7 Å². The van der Waals surface area contributed by atoms with Crippen molar-refractivity contribution in [3.8, 4) is 0 Å². The highest BCUT2D eigenvalue weighted by molar-refractivity contribution is 6.30. The number of hydrogen-bond donors (Lipinski definition) is 1. The molecule has 1 atom stereocenters. The van der Waals surface area contributed by atoms with Crippen LogP contribution in [0.2, 0.25) is 5.02 Å². The lowest BCUT2D eigenvalue weighted by Crippen LogP contribution is -2.19. The molecule has 0 aliphatic heterocycles. The van der Waals surface area contributed by atoms with Crippen molar-refractivity contribution in [2.45, 2.75) is 12.8 Å². The van der Waals surface area contributed by atoms with Gasteiger partial charge in [0, 0.05) is 18.3 Å². The van der Waals surface area contributed by atoms with E-state index in [0.29, 0.717) is 12.5 Å². The average molecular weight is 264 g/mol. The second-order valence-electron chi connectivity index (χ2n) is 4.66. The molecule has 1 unspecified atom stereocenters. The van der Waals surface area contributed by atoms with E-state index in [1.807, 2.05) is 42.3 Å². The van der Waals surface area contributed by atoms with Crippen molar-refractivity contribution in [3.05, 3.63) is 52.8 Å². The third-order valence-corrected chi connectivity index (χ3v) is 3.26. The Morgan fingerprint density at radius 1 is 1.33 bits per heavy atom. The first-order valence-corrected chi connectivity index (χ1v) is 6.47. The zero-order valence-electron chi connectivity index (χ0n) is 10.5. The van der Waals surface area contributed by atoms with Crippen LogP contribution in [0.15, 0.2) is 36.7 Å². The first kappa shape index (κ1) is 13.1. The van der Waals surface area contributed by atoms with E-state index in [0.717, 1.165) is 17.9 Å². The smallest absolute Gasteiger partial charge is 0.0521 e. The quantitative estimate of drug-likeness (QED) is 0.901. The van der Waals surface area contributed by atoms with E-state index in [9.17, 15) is 0 Å². The molecule has 0 spiro atoms. The van der Waals surface area contributed by atoms with Crippen LogP contribution in [0.5, 0.6) is 0 Å². The van der Waals surface area contributed by atoms with Gasteiger partial charge in [-0.05, 0) is 48.6 Å². The van der Waals surface area contributed by atoms with Gasteiger partial charge in [-0.25, -0.2) is 0 Å². The summed E-state index contributed by atoms with van der Waals surface area (Å²) in [6.45, 7) is 0.668. The van der Waals surface area contributed by atoms with Gasteiger partial charge in [0.15, 0.2) is 0 Å². The number of halogens is 1. The monoisotopic (exact) mass is 263 g/mol. The number of rotatable bonds is 5. The molecule has 4 heteroatoms. The van der Waals surface area contributed by atoms with Crippen LogP contribution in [0.1, 0.15) is 11.1 Å². The molecule has 1 heterocycles. The Balaban J connectivity index is 2.01. The standard InChI is InChI=1S/C14H18ClN3/c1-18-10-13(9-17-18)6-12(8-16)5-11-3-2-4-14(15)7-11/h2-4,7,9-10,12H,5-6,8,16H2,1H3. The summed E-state index contributed by atoms with van der Waals surface area (Å²) in [4.78, 5) is 0. The Morgan fingerprint density at radius 3 is 2.72 bits per heavy atom. The highest BCUT2D eigenvalue weighted by atomic mass is 35.5. The first-order valence-electron chi connectivity index (χ1n) is 6.09. The van der Waals surface area contributed by atoms with E-state index in [1.54, 1.807) is 0 Å². The largest absolute Gasteiger partial charge is 0.330 e. The van der Waals surface area contributed by atoms with Gasteiger partial charge < -0.3 is 5.73 Å². The molecule has 18 heavy (non-hydrogen) atoms. The average Bonchev–Trinajstić information content (AvgIpc) is 2.74. The van der Waals surface area contributed by atoms with Gasteiger partial charge in [-0.3, -0.25) is 4.68 Å². The van der Waals surface area contributed by atoms with Crippen LogP contribution in [-0.4, -0.2) is 16.3 Å². The van der Waals surface area contributed by atoms with E-state index in [-0.39, 0.29) is 0 Å². The summed E-state index contributed by atoms with van der Waals surface area (Å²) >= 11 is 5.99. The fourth-order valence-electron chi connectivity index (χ4n) is 2.15. The number of aromatic nitrogens is 2. The van der Waals surface area contributed by atoms with Crippen molar-refractivity contribution in [3.63, 3.8) is 0 Å². The molecule has 3 nitrogen and oxygen atoms in total. The maximum atomic E-state index is 5.99. The number of benzene rings is 1. The summed E-state index contributed by atoms with van der Waals surface area (Å²) in [6, 6.07) is 7.98. The third kappa shape index (κ3) is 3.59. The lowest BCUT2D eigenvalue weighted by molar-refractivity contribution is 0.533. The molecular formula is C14H18ClN3. The Kier molecular flexibility index (Phi) is 4.39. The molecule has 1 aromatic carbocycles. The first-order chi connectivity index (χ1) is 8.67. The van der Waals surface area contributed by atoms with E-state index < -0.39 is 0 Å². The topological polar surface area (TPSA) is 43.8 Å². The summed E-state index contributed by atoms with van der Waals surface area (Å²) < 4.78 is 1.82. The van der Waals surface area contributed by atoms with Crippen LogP contribution >= 0.6 is 11.6 Å². The third-order valence-electron chi connectivity index (χ3n) is 3.03. The minimum absolute atomic E-state index is 0.424. The Hall–Kier alpha value is -1.32. The Bertz CT molecular complexity index is 507. The lowest BCUT2D eigenvalue weighted by atomic mass is 9.94. The van der Waals surface area contributed by atoms with Crippen molar-refractivity contribution >= 4 is 11.6 Å². The fourth-order valence-corrected chi connectivity index (χ4v) is 2.36. The summed E-state index contributed by atoms with van der Waals surface area (Å²) in [6.07, 6.45) is 5.85. The van der Waals surface area contributed by atoms with Gasteiger partial charge in [0.25, 0.3) is 0 Å². The molecule has 0 radical (unpaired) electrons. The maximum absolute atomic E-state index is 5.99. The lowest BCUT2D eigenvalue weighted by Gasteiger charge is -2.13. The summed E-state index contributed by atoms with van der Waals surface area (Å²) in [5.41, 5.74) is 8.32. The minimum Gasteiger partial charge on any atom is -0.330 e.